The van der Waals surface area contributed by atoms with Gasteiger partial charge in [-0.2, -0.15) is 0 Å². The third-order valence-corrected chi connectivity index (χ3v) is 1.70. The fourth-order valence-electron chi connectivity index (χ4n) is 1.02. The highest BCUT2D eigenvalue weighted by Crippen LogP contribution is 2.01. The van der Waals surface area contributed by atoms with Crippen molar-refractivity contribution < 1.29 is 19.4 Å². The van der Waals surface area contributed by atoms with Gasteiger partial charge in [-0.25, -0.2) is 4.79 Å². The zero-order chi connectivity index (χ0) is 11.3. The number of pyridine rings is 1. The minimum atomic E-state index is -1.04. The summed E-state index contributed by atoms with van der Waals surface area (Å²) in [5.41, 5.74) is 0.598. The van der Waals surface area contributed by atoms with Gasteiger partial charge in [-0.05, 0) is 19.1 Å². The molecule has 0 fully saturated rings. The van der Waals surface area contributed by atoms with Gasteiger partial charge >= 0.3 is 11.9 Å². The summed E-state index contributed by atoms with van der Waals surface area (Å²) >= 11 is 0. The van der Waals surface area contributed by atoms with Crippen LogP contribution in [0.15, 0.2) is 18.3 Å². The molecule has 0 amide bonds. The Morgan fingerprint density at radius 2 is 2.20 bits per heavy atom. The lowest BCUT2D eigenvalue weighted by Gasteiger charge is -2.01. The quantitative estimate of drug-likeness (QED) is 0.745. The Bertz CT molecular complexity index is 358. The topological polar surface area (TPSA) is 76.5 Å². The van der Waals surface area contributed by atoms with Crippen LogP contribution < -0.4 is 0 Å². The van der Waals surface area contributed by atoms with Crippen molar-refractivity contribution in [2.45, 2.75) is 13.3 Å². The first-order valence-electron chi connectivity index (χ1n) is 4.47. The van der Waals surface area contributed by atoms with Gasteiger partial charge in [0.15, 0.2) is 0 Å². The number of nitrogens with zero attached hydrogens (tertiary/aromatic N) is 1. The molecule has 15 heavy (non-hydrogen) atoms. The molecule has 0 atom stereocenters. The summed E-state index contributed by atoms with van der Waals surface area (Å²) in [5.74, 6) is -1.40. The van der Waals surface area contributed by atoms with E-state index in [-0.39, 0.29) is 18.0 Å². The molecule has 0 aliphatic heterocycles. The molecular weight excluding hydrogens is 198 g/mol. The zero-order valence-electron chi connectivity index (χ0n) is 8.27. The van der Waals surface area contributed by atoms with Crippen LogP contribution in [-0.2, 0) is 16.0 Å². The number of hydrogen-bond donors (Lipinski definition) is 1. The average Bonchev–Trinajstić information content (AvgIpc) is 2.18. The van der Waals surface area contributed by atoms with E-state index in [0.29, 0.717) is 12.3 Å². The lowest BCUT2D eigenvalue weighted by molar-refractivity contribution is -0.142. The van der Waals surface area contributed by atoms with Crippen molar-refractivity contribution in [1.29, 1.82) is 0 Å². The van der Waals surface area contributed by atoms with E-state index in [0.717, 1.165) is 0 Å². The van der Waals surface area contributed by atoms with E-state index in [1.54, 1.807) is 6.92 Å². The van der Waals surface area contributed by atoms with Crippen molar-refractivity contribution in [3.63, 3.8) is 0 Å². The van der Waals surface area contributed by atoms with E-state index < -0.39 is 5.97 Å². The molecule has 0 aromatic carbocycles. The van der Waals surface area contributed by atoms with Crippen molar-refractivity contribution in [1.82, 2.24) is 4.98 Å². The first kappa shape index (κ1) is 11.2. The van der Waals surface area contributed by atoms with Crippen molar-refractivity contribution in [3.8, 4) is 0 Å². The molecule has 0 radical (unpaired) electrons. The Balaban J connectivity index is 2.64. The number of carboxylic acids is 1. The lowest BCUT2D eigenvalue weighted by atomic mass is 10.2. The highest BCUT2D eigenvalue weighted by Gasteiger charge is 2.07. The monoisotopic (exact) mass is 209 g/mol. The molecule has 1 heterocycles. The SMILES string of the molecule is CCOC(=O)Cc1ccc(C(=O)O)cn1. The molecule has 0 saturated heterocycles. The Hall–Kier alpha value is -1.91. The number of aromatic carboxylic acids is 1. The summed E-state index contributed by atoms with van der Waals surface area (Å²) in [7, 11) is 0. The van der Waals surface area contributed by atoms with E-state index >= 15 is 0 Å². The highest BCUT2D eigenvalue weighted by atomic mass is 16.5. The largest absolute Gasteiger partial charge is 0.478 e. The fraction of sp³-hybridized carbons (Fsp3) is 0.300. The van der Waals surface area contributed by atoms with Crippen molar-refractivity contribution in [2.24, 2.45) is 0 Å². The van der Waals surface area contributed by atoms with Crippen LogP contribution in [0.4, 0.5) is 0 Å². The van der Waals surface area contributed by atoms with Crippen LogP contribution in [-0.4, -0.2) is 28.6 Å². The molecule has 0 bridgehead atoms. The summed E-state index contributed by atoms with van der Waals surface area (Å²) in [5, 5.41) is 8.61. The first-order chi connectivity index (χ1) is 7.13. The third-order valence-electron chi connectivity index (χ3n) is 1.70. The third kappa shape index (κ3) is 3.38. The van der Waals surface area contributed by atoms with Crippen LogP contribution in [0.3, 0.4) is 0 Å². The molecule has 0 spiro atoms. The van der Waals surface area contributed by atoms with Gasteiger partial charge in [0.05, 0.1) is 24.3 Å². The number of rotatable bonds is 4. The molecule has 1 N–H and O–H groups in total. The standard InChI is InChI=1S/C10H11NO4/c1-2-15-9(12)5-8-4-3-7(6-11-8)10(13)14/h3-4,6H,2,5H2,1H3,(H,13,14). The number of aromatic nitrogens is 1. The summed E-state index contributed by atoms with van der Waals surface area (Å²) in [6.45, 7) is 2.05. The number of carbonyl (C=O) groups excluding carboxylic acids is 1. The van der Waals surface area contributed by atoms with E-state index in [1.807, 2.05) is 0 Å². The van der Waals surface area contributed by atoms with Crippen LogP contribution in [0.25, 0.3) is 0 Å². The molecular formula is C10H11NO4. The number of carbonyl (C=O) groups is 2. The van der Waals surface area contributed by atoms with Crippen molar-refractivity contribution >= 4 is 11.9 Å². The van der Waals surface area contributed by atoms with E-state index in [4.69, 9.17) is 9.84 Å². The molecule has 1 aromatic heterocycles. The first-order valence-corrected chi connectivity index (χ1v) is 4.47. The molecule has 0 unspecified atom stereocenters. The second-order valence-electron chi connectivity index (χ2n) is 2.83. The minimum Gasteiger partial charge on any atom is -0.478 e. The Morgan fingerprint density at radius 1 is 1.47 bits per heavy atom. The van der Waals surface area contributed by atoms with Crippen molar-refractivity contribution in [2.75, 3.05) is 6.61 Å². The summed E-state index contributed by atoms with van der Waals surface area (Å²) in [4.78, 5) is 25.4. The van der Waals surface area contributed by atoms with Gasteiger partial charge in [-0.1, -0.05) is 0 Å². The van der Waals surface area contributed by atoms with E-state index in [2.05, 4.69) is 4.98 Å². The molecule has 0 saturated carbocycles. The van der Waals surface area contributed by atoms with Crippen LogP contribution in [0.2, 0.25) is 0 Å². The maximum Gasteiger partial charge on any atom is 0.337 e. The normalized spacial score (nSPS) is 9.67. The Labute approximate surface area is 86.7 Å². The molecule has 5 heteroatoms. The number of hydrogen-bond acceptors (Lipinski definition) is 4. The maximum absolute atomic E-state index is 11.1. The van der Waals surface area contributed by atoms with Gasteiger partial charge in [0.2, 0.25) is 0 Å². The van der Waals surface area contributed by atoms with Gasteiger partial charge in [0.1, 0.15) is 0 Å². The number of carboxylic acid groups (broad SMARTS) is 1. The fourth-order valence-corrected chi connectivity index (χ4v) is 1.02. The van der Waals surface area contributed by atoms with Gasteiger partial charge in [0, 0.05) is 6.20 Å². The van der Waals surface area contributed by atoms with Gasteiger partial charge in [-0.3, -0.25) is 9.78 Å². The van der Waals surface area contributed by atoms with Crippen LogP contribution in [0, 0.1) is 0 Å². The summed E-state index contributed by atoms with van der Waals surface area (Å²) in [6, 6.07) is 2.91. The number of esters is 1. The zero-order valence-corrected chi connectivity index (χ0v) is 8.27. The van der Waals surface area contributed by atoms with E-state index in [1.165, 1.54) is 18.3 Å². The van der Waals surface area contributed by atoms with Crippen LogP contribution in [0.1, 0.15) is 23.0 Å². The smallest absolute Gasteiger partial charge is 0.337 e. The predicted octanol–water partition coefficient (Wildman–Crippen LogP) is 0.885. The van der Waals surface area contributed by atoms with Crippen LogP contribution in [0.5, 0.6) is 0 Å². The summed E-state index contributed by atoms with van der Waals surface area (Å²) < 4.78 is 4.73. The maximum atomic E-state index is 11.1. The Morgan fingerprint density at radius 3 is 2.67 bits per heavy atom. The number of ether oxygens (including phenoxy) is 1. The highest BCUT2D eigenvalue weighted by molar-refractivity contribution is 5.87. The predicted molar refractivity (Wildman–Crippen MR) is 51.5 cm³/mol. The minimum absolute atomic E-state index is 0.0632. The Kier molecular flexibility index (Phi) is 3.79. The molecule has 5 nitrogen and oxygen atoms in total. The van der Waals surface area contributed by atoms with Gasteiger partial charge < -0.3 is 9.84 Å². The second kappa shape index (κ2) is 5.09. The van der Waals surface area contributed by atoms with Crippen molar-refractivity contribution in [3.05, 3.63) is 29.6 Å². The average molecular weight is 209 g/mol. The molecule has 1 rings (SSSR count). The molecule has 0 aliphatic rings. The summed E-state index contributed by atoms with van der Waals surface area (Å²) in [6.07, 6.45) is 1.28. The molecule has 1 aromatic rings. The lowest BCUT2D eigenvalue weighted by Crippen LogP contribution is -2.09. The van der Waals surface area contributed by atoms with Crippen LogP contribution >= 0.6 is 0 Å². The van der Waals surface area contributed by atoms with E-state index in [9.17, 15) is 9.59 Å². The molecule has 80 valence electrons. The van der Waals surface area contributed by atoms with Gasteiger partial charge in [0.25, 0.3) is 0 Å². The van der Waals surface area contributed by atoms with Gasteiger partial charge in [-0.15, -0.1) is 0 Å². The molecule has 0 aliphatic carbocycles. The second-order valence-corrected chi connectivity index (χ2v) is 2.83.